The van der Waals surface area contributed by atoms with E-state index in [0.29, 0.717) is 18.8 Å². The van der Waals surface area contributed by atoms with Crippen LogP contribution in [-0.4, -0.2) is 208 Å². The third-order valence-corrected chi connectivity index (χ3v) is 22.6. The SMILES string of the molecule is CNC1C(=O)NC2Cc3ccc(cc3)Oc3cc4cc(c3O[C@@H]3O[C@H](C(=O)O)[C@@H](O)[C@H](O)[C@H]3NC(=O)CCCCCCCCC(C)C)Oc3ccc(cc3Cl)C(O)C3NC(=O)C(NC(=O)C4NC(=O)C(NC2=O)c2cc(cc(O)c2Cl)Oc2cc1ccc2O)c1ccc(O)c(c1)-c1c(O[C@H]2O[C@H](COC(C)=O)[C@@H](O)[C@H](O)[C@@H]2O)cc(O)cc1C(C(=O)O)NC3=O. The molecule has 2 saturated heterocycles. The second-order valence-corrected chi connectivity index (χ2v) is 32.0. The van der Waals surface area contributed by atoms with Gasteiger partial charge in [-0.15, -0.1) is 0 Å². The summed E-state index contributed by atoms with van der Waals surface area (Å²) in [6.07, 6.45) is -16.6. The summed E-state index contributed by atoms with van der Waals surface area (Å²) in [5.74, 6) is -20.1. The number of nitrogens with one attached hydrogen (secondary N) is 8. The van der Waals surface area contributed by atoms with Crippen LogP contribution in [0.15, 0.2) is 115 Å². The second-order valence-electron chi connectivity index (χ2n) is 31.2. The maximum absolute atomic E-state index is 16.7. The van der Waals surface area contributed by atoms with E-state index in [2.05, 4.69) is 56.4 Å². The van der Waals surface area contributed by atoms with Gasteiger partial charge in [-0.1, -0.05) is 106 Å². The quantitative estimate of drug-likeness (QED) is 0.0383. The third kappa shape index (κ3) is 20.1. The number of benzene rings is 7. The van der Waals surface area contributed by atoms with Gasteiger partial charge in [0.25, 0.3) is 0 Å². The van der Waals surface area contributed by atoms with Crippen molar-refractivity contribution in [3.8, 4) is 80.1 Å². The topological polar surface area (TPSA) is 584 Å². The van der Waals surface area contributed by atoms with Crippen molar-refractivity contribution in [3.05, 3.63) is 164 Å². The van der Waals surface area contributed by atoms with E-state index in [9.17, 15) is 85.3 Å². The number of phenolic OH excluding ortho intramolecular Hbond substituents is 4. The Labute approximate surface area is 720 Å². The first kappa shape index (κ1) is 90.4. The molecule has 664 valence electrons. The van der Waals surface area contributed by atoms with Crippen LogP contribution in [0, 0.1) is 5.92 Å². The summed E-state index contributed by atoms with van der Waals surface area (Å²) in [7, 11) is 1.42. The van der Waals surface area contributed by atoms with E-state index >= 15 is 24.0 Å². The summed E-state index contributed by atoms with van der Waals surface area (Å²) in [6.45, 7) is 4.50. The fraction of sp³-hybridized carbons (Fsp3) is 0.388. The van der Waals surface area contributed by atoms with E-state index in [4.69, 9.17) is 61.1 Å². The molecule has 0 spiro atoms. The lowest BCUT2D eigenvalue weighted by atomic mass is 9.89. The number of phenols is 4. The molecule has 38 nitrogen and oxygen atoms in total. The summed E-state index contributed by atoms with van der Waals surface area (Å²) in [4.78, 5) is 148. The number of hydrogen-bond acceptors (Lipinski definition) is 29. The normalized spacial score (nSPS) is 26.1. The van der Waals surface area contributed by atoms with Crippen molar-refractivity contribution in [3.63, 3.8) is 0 Å². The van der Waals surface area contributed by atoms with Crippen LogP contribution in [-0.2, 0) is 68.6 Å². The summed E-state index contributed by atoms with van der Waals surface area (Å²) in [5.41, 5.74) is -3.38. The van der Waals surface area contributed by atoms with Gasteiger partial charge in [-0.2, -0.15) is 0 Å². The van der Waals surface area contributed by atoms with Crippen LogP contribution in [0.1, 0.15) is 147 Å². The number of carbonyl (C=O) groups excluding carboxylic acids is 8. The molecule has 15 rings (SSSR count). The molecule has 0 aromatic heterocycles. The molecule has 7 aromatic carbocycles. The maximum atomic E-state index is 16.7. The zero-order valence-electron chi connectivity index (χ0n) is 67.0. The molecule has 7 amide bonds. The predicted octanol–water partition coefficient (Wildman–Crippen LogP) is 4.76. The molecule has 20 N–H and O–H groups in total. The minimum absolute atomic E-state index is 0.157. The number of likely N-dealkylation sites (N-methyl/N-ethyl adjacent to an activating group) is 1. The van der Waals surface area contributed by atoms with E-state index < -0.39 is 277 Å². The van der Waals surface area contributed by atoms with Crippen LogP contribution in [0.5, 0.6) is 69.0 Å². The molecule has 0 saturated carbocycles. The molecule has 8 heterocycles. The molecule has 18 atom stereocenters. The Bertz CT molecular complexity index is 5330. The van der Waals surface area contributed by atoms with Gasteiger partial charge in [-0.25, -0.2) is 9.59 Å². The van der Waals surface area contributed by atoms with Gasteiger partial charge in [-0.05, 0) is 120 Å². The smallest absolute Gasteiger partial charge is 0.335 e. The number of fused-ring (bicyclic) bond motifs is 14. The Balaban J connectivity index is 1.03. The Hall–Kier alpha value is -12.3. The van der Waals surface area contributed by atoms with Crippen molar-refractivity contribution in [1.29, 1.82) is 0 Å². The lowest BCUT2D eigenvalue weighted by molar-refractivity contribution is -0.278. The number of rotatable bonds is 19. The molecule has 17 bridgehead atoms. The van der Waals surface area contributed by atoms with E-state index in [0.717, 1.165) is 112 Å². The number of esters is 1. The van der Waals surface area contributed by atoms with Crippen LogP contribution in [0.4, 0.5) is 0 Å². The average Bonchev–Trinajstić information content (AvgIpc) is 0.759. The monoisotopic (exact) mass is 1770 g/mol. The molecule has 8 aliphatic heterocycles. The number of hydrogen-bond donors (Lipinski definition) is 20. The molecule has 40 heteroatoms. The molecule has 7 aromatic rings. The zero-order valence-corrected chi connectivity index (χ0v) is 68.5. The maximum Gasteiger partial charge on any atom is 0.335 e. The van der Waals surface area contributed by atoms with Gasteiger partial charge in [0.05, 0.1) is 10.0 Å². The molecule has 2 fully saturated rings. The third-order valence-electron chi connectivity index (χ3n) is 21.9. The van der Waals surface area contributed by atoms with E-state index in [1.807, 2.05) is 0 Å². The van der Waals surface area contributed by atoms with Crippen LogP contribution >= 0.6 is 23.2 Å². The van der Waals surface area contributed by atoms with E-state index in [1.54, 1.807) is 0 Å². The number of carbonyl (C=O) groups is 10. The number of carboxylic acid groups (broad SMARTS) is 2. The van der Waals surface area contributed by atoms with Crippen LogP contribution in [0.3, 0.4) is 0 Å². The second kappa shape index (κ2) is 38.4. The number of halogens is 2. The number of aliphatic hydroxyl groups is 6. The highest BCUT2D eigenvalue weighted by atomic mass is 35.5. The van der Waals surface area contributed by atoms with Gasteiger partial charge in [-0.3, -0.25) is 38.4 Å². The number of ether oxygens (including phenoxy) is 8. The summed E-state index contributed by atoms with van der Waals surface area (Å²) >= 11 is 14.2. The number of aliphatic hydroxyl groups excluding tert-OH is 6. The number of carboxylic acids is 2. The molecule has 8 aliphatic rings. The van der Waals surface area contributed by atoms with E-state index in [1.165, 1.54) is 49.5 Å². The average molecular weight is 1770 g/mol. The van der Waals surface area contributed by atoms with Crippen molar-refractivity contribution in [2.24, 2.45) is 5.92 Å². The highest BCUT2D eigenvalue weighted by Crippen LogP contribution is 2.51. The van der Waals surface area contributed by atoms with E-state index in [-0.39, 0.29) is 40.4 Å². The standard InChI is InChI=1S/C85H90Cl2N8O30/c1-34(2)11-9-7-5-6-8-10-12-58(101)90-67-70(104)72(106)75(83(116)117)125-84(67)124-74-55-27-40-28-56(74)121-52-22-17-39(25-47(52)86)68(102)66-81(113)94-65(82(114)115)45-29-41(97)30-54(122-85-73(107)71(105)69(103)57(123-85)33-118-35(3)96)59(45)44-24-37(15-20-49(44)98)62(78(110)95-66)91-79(111)63(40)92-80(112)64-46-31-43(32-51(100)60(46)87)120-53-26-38(16-21-50(53)99)61(88-4)77(109)89-48(76(108)93-64)23-36-13-18-42(119-55)19-14-36/h13-22,24-32,34,48,57,61-73,75,84-85,88,97-100,102-107H,5-12,23,33H2,1-4H3,(H,89,109)(H,90,101)(H,91,111)(H,92,112)(H,93,108)(H,94,113)(H,95,110)(H,114,115)(H,116,117)/t48?,57-,61?,62?,63?,64?,65?,66?,67-,68?,69-,70-,71+,72+,73+,75+,84-,85+/m1/s1. The fourth-order valence-electron chi connectivity index (χ4n) is 15.4. The molecular weight excluding hydrogens is 1680 g/mol. The number of unbranched alkanes of at least 4 members (excludes halogenated alkanes) is 5. The minimum Gasteiger partial charge on any atom is -0.508 e. The molecule has 8 unspecified atom stereocenters. The van der Waals surface area contributed by atoms with Crippen LogP contribution in [0.25, 0.3) is 11.1 Å². The first-order chi connectivity index (χ1) is 59.5. The van der Waals surface area contributed by atoms with Gasteiger partial charge in [0.2, 0.25) is 59.7 Å². The Kier molecular flexibility index (Phi) is 27.8. The first-order valence-electron chi connectivity index (χ1n) is 39.8. The van der Waals surface area contributed by atoms with Crippen molar-refractivity contribution in [2.45, 2.75) is 188 Å². The lowest BCUT2D eigenvalue weighted by Crippen LogP contribution is -2.66. The van der Waals surface area contributed by atoms with Gasteiger partial charge in [0.1, 0.15) is 132 Å². The number of aromatic hydroxyl groups is 4. The van der Waals surface area contributed by atoms with Crippen molar-refractivity contribution in [1.82, 2.24) is 42.5 Å². The van der Waals surface area contributed by atoms with Gasteiger partial charge >= 0.3 is 17.9 Å². The highest BCUT2D eigenvalue weighted by molar-refractivity contribution is 6.33. The Morgan fingerprint density at radius 1 is 0.536 bits per heavy atom. The molecule has 125 heavy (non-hydrogen) atoms. The molecule has 0 radical (unpaired) electrons. The van der Waals surface area contributed by atoms with Crippen molar-refractivity contribution >= 4 is 82.5 Å². The molecular formula is C85H90Cl2N8O30. The fourth-order valence-corrected chi connectivity index (χ4v) is 15.8. The number of aliphatic carboxylic acids is 2. The minimum atomic E-state index is -2.48. The lowest BCUT2D eigenvalue weighted by Gasteiger charge is -2.41. The number of amides is 7. The largest absolute Gasteiger partial charge is 0.508 e. The van der Waals surface area contributed by atoms with Crippen LogP contribution < -0.4 is 66.2 Å². The summed E-state index contributed by atoms with van der Waals surface area (Å²) in [6, 6.07) is 4.24. The van der Waals surface area contributed by atoms with Gasteiger partial charge in [0, 0.05) is 54.2 Å². The zero-order chi connectivity index (χ0) is 89.8. The van der Waals surface area contributed by atoms with Crippen LogP contribution in [0.2, 0.25) is 10.0 Å². The first-order valence-corrected chi connectivity index (χ1v) is 40.5. The Morgan fingerprint density at radius 3 is 1.86 bits per heavy atom. The van der Waals surface area contributed by atoms with Gasteiger partial charge < -0.3 is 142 Å². The summed E-state index contributed by atoms with van der Waals surface area (Å²) < 4.78 is 49.3. The van der Waals surface area contributed by atoms with Crippen molar-refractivity contribution < 1.29 is 147 Å². The molecule has 0 aliphatic carbocycles. The summed E-state index contributed by atoms with van der Waals surface area (Å²) in [5, 5.41) is 158. The van der Waals surface area contributed by atoms with Gasteiger partial charge in [0.15, 0.2) is 35.1 Å². The predicted molar refractivity (Wildman–Crippen MR) is 433 cm³/mol. The highest BCUT2D eigenvalue weighted by Gasteiger charge is 2.52. The Morgan fingerprint density at radius 2 is 1.18 bits per heavy atom. The van der Waals surface area contributed by atoms with Crippen molar-refractivity contribution in [2.75, 3.05) is 13.7 Å².